The van der Waals surface area contributed by atoms with Crippen molar-refractivity contribution in [1.29, 1.82) is 0 Å². The maximum Gasteiger partial charge on any atom is 0.255 e. The van der Waals surface area contributed by atoms with Gasteiger partial charge in [0.25, 0.3) is 5.91 Å². The van der Waals surface area contributed by atoms with Gasteiger partial charge in [-0.2, -0.15) is 4.31 Å². The minimum Gasteiger partial charge on any atom is -0.379 e. The van der Waals surface area contributed by atoms with Crippen molar-refractivity contribution in [2.24, 2.45) is 0 Å². The molecular weight excluding hydrogens is 421 g/mol. The summed E-state index contributed by atoms with van der Waals surface area (Å²) in [5, 5.41) is 2.78. The van der Waals surface area contributed by atoms with E-state index in [1.165, 1.54) is 6.07 Å². The van der Waals surface area contributed by atoms with Crippen LogP contribution in [0.25, 0.3) is 0 Å². The Kier molecular flexibility index (Phi) is 7.77. The number of morpholine rings is 1. The molecule has 0 radical (unpaired) electrons. The maximum absolute atomic E-state index is 14.3. The summed E-state index contributed by atoms with van der Waals surface area (Å²) in [5.41, 5.74) is 1.71. The molecule has 0 aromatic heterocycles. The summed E-state index contributed by atoms with van der Waals surface area (Å²) in [6.45, 7) is 7.66. The maximum atomic E-state index is 14.3. The number of amides is 1. The van der Waals surface area contributed by atoms with E-state index >= 15 is 0 Å². The van der Waals surface area contributed by atoms with Crippen molar-refractivity contribution < 1.29 is 22.3 Å². The average molecular weight is 450 g/mol. The molecule has 1 aliphatic rings. The summed E-state index contributed by atoms with van der Waals surface area (Å²) in [5.74, 6) is -1.38. The Bertz CT molecular complexity index is 1020. The largest absolute Gasteiger partial charge is 0.379 e. The van der Waals surface area contributed by atoms with Gasteiger partial charge in [-0.25, -0.2) is 12.8 Å². The van der Waals surface area contributed by atoms with Crippen molar-refractivity contribution in [2.75, 3.05) is 44.7 Å². The molecule has 1 N–H and O–H groups in total. The van der Waals surface area contributed by atoms with Crippen molar-refractivity contribution in [3.05, 3.63) is 59.4 Å². The third-order valence-electron chi connectivity index (χ3n) is 5.21. The Morgan fingerprint density at radius 1 is 1.13 bits per heavy atom. The minimum atomic E-state index is -4.02. The van der Waals surface area contributed by atoms with E-state index in [1.54, 1.807) is 19.9 Å². The lowest BCUT2D eigenvalue weighted by molar-refractivity contribution is 0.0342. The molecule has 1 fully saturated rings. The van der Waals surface area contributed by atoms with Gasteiger partial charge in [-0.05, 0) is 35.9 Å². The van der Waals surface area contributed by atoms with Crippen LogP contribution in [0.3, 0.4) is 0 Å². The lowest BCUT2D eigenvalue weighted by Crippen LogP contribution is -2.35. The molecule has 0 atom stereocenters. The number of nitrogens with zero attached hydrogens (tertiary/aromatic N) is 2. The number of benzene rings is 2. The van der Waals surface area contributed by atoms with Crippen molar-refractivity contribution in [3.63, 3.8) is 0 Å². The molecule has 3 rings (SSSR count). The highest BCUT2D eigenvalue weighted by Gasteiger charge is 2.26. The van der Waals surface area contributed by atoms with E-state index < -0.39 is 26.6 Å². The highest BCUT2D eigenvalue weighted by molar-refractivity contribution is 7.89. The monoisotopic (exact) mass is 449 g/mol. The van der Waals surface area contributed by atoms with E-state index in [-0.39, 0.29) is 18.7 Å². The van der Waals surface area contributed by atoms with E-state index in [1.807, 2.05) is 18.2 Å². The molecular formula is C22H28FN3O4S. The standard InChI is InChI=1S/C22H28FN3O4S/c1-3-26(4-2)31(28,29)21-15-18(8-9-20(21)23)22(27)24-19-7-5-6-17(14-19)16-25-10-12-30-13-11-25/h5-9,14-15H,3-4,10-13,16H2,1-2H3,(H,24,27). The Morgan fingerprint density at radius 3 is 2.52 bits per heavy atom. The van der Waals surface area contributed by atoms with E-state index in [9.17, 15) is 17.6 Å². The molecule has 9 heteroatoms. The first kappa shape index (κ1) is 23.3. The number of nitrogens with one attached hydrogen (secondary N) is 1. The van der Waals surface area contributed by atoms with Gasteiger partial charge in [0, 0.05) is 44.0 Å². The number of rotatable bonds is 8. The molecule has 0 bridgehead atoms. The zero-order chi connectivity index (χ0) is 22.4. The summed E-state index contributed by atoms with van der Waals surface area (Å²) >= 11 is 0. The highest BCUT2D eigenvalue weighted by atomic mass is 32.2. The zero-order valence-electron chi connectivity index (χ0n) is 17.8. The van der Waals surface area contributed by atoms with Crippen LogP contribution in [-0.4, -0.2) is 62.9 Å². The van der Waals surface area contributed by atoms with Gasteiger partial charge in [-0.3, -0.25) is 9.69 Å². The first-order valence-corrected chi connectivity index (χ1v) is 11.8. The molecule has 7 nitrogen and oxygen atoms in total. The zero-order valence-corrected chi connectivity index (χ0v) is 18.6. The Labute approximate surface area is 182 Å². The third kappa shape index (κ3) is 5.68. The molecule has 0 aliphatic carbocycles. The Balaban J connectivity index is 1.77. The van der Waals surface area contributed by atoms with Crippen LogP contribution in [0.1, 0.15) is 29.8 Å². The topological polar surface area (TPSA) is 79.0 Å². The second-order valence-electron chi connectivity index (χ2n) is 7.28. The number of hydrogen-bond donors (Lipinski definition) is 1. The van der Waals surface area contributed by atoms with Crippen LogP contribution >= 0.6 is 0 Å². The van der Waals surface area contributed by atoms with Crippen molar-refractivity contribution in [2.45, 2.75) is 25.3 Å². The van der Waals surface area contributed by atoms with E-state index in [0.29, 0.717) is 18.9 Å². The minimum absolute atomic E-state index is 0.0747. The van der Waals surface area contributed by atoms with Crippen LogP contribution in [0.5, 0.6) is 0 Å². The predicted molar refractivity (Wildman–Crippen MR) is 117 cm³/mol. The van der Waals surface area contributed by atoms with Gasteiger partial charge in [0.05, 0.1) is 13.2 Å². The first-order chi connectivity index (χ1) is 14.8. The van der Waals surface area contributed by atoms with Crippen molar-refractivity contribution >= 4 is 21.6 Å². The van der Waals surface area contributed by atoms with Gasteiger partial charge in [0.2, 0.25) is 10.0 Å². The SMILES string of the molecule is CCN(CC)S(=O)(=O)c1cc(C(=O)Nc2cccc(CN3CCOCC3)c2)ccc1F. The lowest BCUT2D eigenvalue weighted by atomic mass is 10.1. The van der Waals surface area contributed by atoms with Gasteiger partial charge in [-0.1, -0.05) is 26.0 Å². The average Bonchev–Trinajstić information content (AvgIpc) is 2.75. The number of anilines is 1. The fourth-order valence-corrected chi connectivity index (χ4v) is 5.06. The van der Waals surface area contributed by atoms with Crippen LogP contribution in [0.15, 0.2) is 47.4 Å². The number of halogens is 1. The van der Waals surface area contributed by atoms with Crippen LogP contribution < -0.4 is 5.32 Å². The molecule has 0 saturated carbocycles. The van der Waals surface area contributed by atoms with E-state index in [0.717, 1.165) is 41.6 Å². The summed E-state index contributed by atoms with van der Waals surface area (Å²) in [6, 6.07) is 10.9. The molecule has 1 aliphatic heterocycles. The molecule has 168 valence electrons. The third-order valence-corrected chi connectivity index (χ3v) is 7.28. The van der Waals surface area contributed by atoms with Crippen LogP contribution in [0.2, 0.25) is 0 Å². The fourth-order valence-electron chi connectivity index (χ4n) is 3.51. The molecule has 1 heterocycles. The van der Waals surface area contributed by atoms with E-state index in [4.69, 9.17) is 4.74 Å². The number of carbonyl (C=O) groups excluding carboxylic acids is 1. The van der Waals surface area contributed by atoms with Crippen LogP contribution in [-0.2, 0) is 21.3 Å². The van der Waals surface area contributed by atoms with E-state index in [2.05, 4.69) is 10.2 Å². The quantitative estimate of drug-likeness (QED) is 0.670. The predicted octanol–water partition coefficient (Wildman–Crippen LogP) is 2.94. The van der Waals surface area contributed by atoms with Gasteiger partial charge >= 0.3 is 0 Å². The summed E-state index contributed by atoms with van der Waals surface area (Å²) in [6.07, 6.45) is 0. The Hall–Kier alpha value is -2.33. The number of hydrogen-bond acceptors (Lipinski definition) is 5. The molecule has 2 aromatic rings. The lowest BCUT2D eigenvalue weighted by Gasteiger charge is -2.26. The number of carbonyl (C=O) groups is 1. The Morgan fingerprint density at radius 2 is 1.84 bits per heavy atom. The second kappa shape index (κ2) is 10.3. The first-order valence-electron chi connectivity index (χ1n) is 10.3. The molecule has 2 aromatic carbocycles. The van der Waals surface area contributed by atoms with Crippen LogP contribution in [0.4, 0.5) is 10.1 Å². The van der Waals surface area contributed by atoms with Crippen molar-refractivity contribution in [1.82, 2.24) is 9.21 Å². The van der Waals surface area contributed by atoms with Gasteiger partial charge in [0.1, 0.15) is 10.7 Å². The fraction of sp³-hybridized carbons (Fsp3) is 0.409. The number of ether oxygens (including phenoxy) is 1. The normalized spacial score (nSPS) is 15.2. The summed E-state index contributed by atoms with van der Waals surface area (Å²) in [7, 11) is -4.02. The summed E-state index contributed by atoms with van der Waals surface area (Å²) < 4.78 is 46.3. The molecule has 31 heavy (non-hydrogen) atoms. The summed E-state index contributed by atoms with van der Waals surface area (Å²) in [4.78, 5) is 14.5. The highest BCUT2D eigenvalue weighted by Crippen LogP contribution is 2.22. The molecule has 1 saturated heterocycles. The second-order valence-corrected chi connectivity index (χ2v) is 9.18. The molecule has 1 amide bonds. The smallest absolute Gasteiger partial charge is 0.255 e. The van der Waals surface area contributed by atoms with Crippen molar-refractivity contribution in [3.8, 4) is 0 Å². The molecule has 0 spiro atoms. The number of sulfonamides is 1. The van der Waals surface area contributed by atoms with Gasteiger partial charge in [0.15, 0.2) is 0 Å². The van der Waals surface area contributed by atoms with Gasteiger partial charge < -0.3 is 10.1 Å². The van der Waals surface area contributed by atoms with Gasteiger partial charge in [-0.15, -0.1) is 0 Å². The molecule has 0 unspecified atom stereocenters. The van der Waals surface area contributed by atoms with Crippen LogP contribution in [0, 0.1) is 5.82 Å².